The van der Waals surface area contributed by atoms with Gasteiger partial charge in [0.05, 0.1) is 0 Å². The molecule has 0 aromatic heterocycles. The van der Waals surface area contributed by atoms with Crippen molar-refractivity contribution in [3.63, 3.8) is 0 Å². The first-order valence-corrected chi connectivity index (χ1v) is 5.17. The van der Waals surface area contributed by atoms with Crippen LogP contribution in [0.15, 0.2) is 0 Å². The van der Waals surface area contributed by atoms with E-state index < -0.39 is 0 Å². The molecular formula is C11H21NO. The van der Waals surface area contributed by atoms with E-state index in [1.165, 1.54) is 12.8 Å². The molecule has 1 amide bonds. The van der Waals surface area contributed by atoms with E-state index >= 15 is 0 Å². The lowest BCUT2D eigenvalue weighted by Gasteiger charge is -2.29. The third kappa shape index (κ3) is 3.02. The molecule has 0 saturated carbocycles. The van der Waals surface area contributed by atoms with Crippen LogP contribution >= 0.6 is 0 Å². The molecule has 0 bridgehead atoms. The monoisotopic (exact) mass is 183 g/mol. The molecule has 13 heavy (non-hydrogen) atoms. The molecule has 0 radical (unpaired) electrons. The summed E-state index contributed by atoms with van der Waals surface area (Å²) in [6, 6.07) is 0.498. The number of hydrogen-bond donors (Lipinski definition) is 0. The normalized spacial score (nSPS) is 23.7. The van der Waals surface area contributed by atoms with Crippen molar-refractivity contribution in [1.82, 2.24) is 4.90 Å². The first kappa shape index (κ1) is 10.6. The number of likely N-dealkylation sites (tertiary alicyclic amines) is 1. The predicted octanol–water partition coefficient (Wildman–Crippen LogP) is 2.43. The Kier molecular flexibility index (Phi) is 2.99. The Morgan fingerprint density at radius 2 is 2.08 bits per heavy atom. The van der Waals surface area contributed by atoms with Crippen LogP contribution in [0.1, 0.15) is 47.0 Å². The van der Waals surface area contributed by atoms with Crippen molar-refractivity contribution in [3.8, 4) is 0 Å². The molecule has 1 rings (SSSR count). The van der Waals surface area contributed by atoms with Crippen LogP contribution in [-0.4, -0.2) is 23.4 Å². The van der Waals surface area contributed by atoms with Crippen LogP contribution in [0.25, 0.3) is 0 Å². The summed E-state index contributed by atoms with van der Waals surface area (Å²) in [6.07, 6.45) is 3.50. The molecule has 1 atom stereocenters. The van der Waals surface area contributed by atoms with Gasteiger partial charge in [-0.2, -0.15) is 0 Å². The Morgan fingerprint density at radius 1 is 1.46 bits per heavy atom. The highest BCUT2D eigenvalue weighted by Gasteiger charge is 2.29. The van der Waals surface area contributed by atoms with Crippen molar-refractivity contribution in [2.24, 2.45) is 5.41 Å². The molecule has 0 aromatic rings. The number of rotatable bonds is 1. The Hall–Kier alpha value is -0.530. The van der Waals surface area contributed by atoms with Gasteiger partial charge in [0, 0.05) is 19.5 Å². The lowest BCUT2D eigenvalue weighted by atomic mass is 9.87. The Bertz CT molecular complexity index is 193. The average molecular weight is 183 g/mol. The highest BCUT2D eigenvalue weighted by atomic mass is 16.2. The first-order valence-electron chi connectivity index (χ1n) is 5.17. The van der Waals surface area contributed by atoms with Gasteiger partial charge in [-0.15, -0.1) is 0 Å². The van der Waals surface area contributed by atoms with Crippen LogP contribution < -0.4 is 0 Å². The van der Waals surface area contributed by atoms with E-state index in [9.17, 15) is 4.79 Å². The molecule has 76 valence electrons. The summed E-state index contributed by atoms with van der Waals surface area (Å²) in [4.78, 5) is 13.3. The maximum absolute atomic E-state index is 11.3. The first-order chi connectivity index (χ1) is 5.90. The number of hydrogen-bond acceptors (Lipinski definition) is 1. The second-order valence-corrected chi connectivity index (χ2v) is 5.27. The second kappa shape index (κ2) is 3.69. The van der Waals surface area contributed by atoms with Gasteiger partial charge >= 0.3 is 0 Å². The van der Waals surface area contributed by atoms with Gasteiger partial charge in [0.1, 0.15) is 0 Å². The van der Waals surface area contributed by atoms with E-state index in [1.54, 1.807) is 6.92 Å². The fraction of sp³-hybridized carbons (Fsp3) is 0.909. The summed E-state index contributed by atoms with van der Waals surface area (Å²) >= 11 is 0. The summed E-state index contributed by atoms with van der Waals surface area (Å²) in [7, 11) is 0. The smallest absolute Gasteiger partial charge is 0.219 e. The van der Waals surface area contributed by atoms with Gasteiger partial charge < -0.3 is 4.90 Å². The van der Waals surface area contributed by atoms with Gasteiger partial charge in [-0.3, -0.25) is 4.79 Å². The molecule has 2 heteroatoms. The number of amides is 1. The van der Waals surface area contributed by atoms with Gasteiger partial charge in [0.2, 0.25) is 5.91 Å². The molecule has 0 spiro atoms. The maximum Gasteiger partial charge on any atom is 0.219 e. The molecule has 1 aliphatic rings. The molecular weight excluding hydrogens is 162 g/mol. The molecule has 2 nitrogen and oxygen atoms in total. The van der Waals surface area contributed by atoms with E-state index in [-0.39, 0.29) is 5.91 Å². The van der Waals surface area contributed by atoms with Gasteiger partial charge in [-0.1, -0.05) is 20.8 Å². The van der Waals surface area contributed by atoms with Crippen LogP contribution in [0.4, 0.5) is 0 Å². The van der Waals surface area contributed by atoms with Crippen molar-refractivity contribution in [2.45, 2.75) is 53.0 Å². The Labute approximate surface area is 81.3 Å². The van der Waals surface area contributed by atoms with Gasteiger partial charge in [0.25, 0.3) is 0 Å². The molecule has 0 aromatic carbocycles. The highest BCUT2D eigenvalue weighted by Crippen LogP contribution is 2.29. The zero-order valence-corrected chi connectivity index (χ0v) is 9.26. The van der Waals surface area contributed by atoms with Crippen LogP contribution in [0.2, 0.25) is 0 Å². The molecule has 1 aliphatic heterocycles. The molecule has 1 saturated heterocycles. The maximum atomic E-state index is 11.3. The molecule has 0 aliphatic carbocycles. The van der Waals surface area contributed by atoms with E-state index in [4.69, 9.17) is 0 Å². The second-order valence-electron chi connectivity index (χ2n) is 5.27. The topological polar surface area (TPSA) is 20.3 Å². The minimum absolute atomic E-state index is 0.242. The largest absolute Gasteiger partial charge is 0.340 e. The summed E-state index contributed by atoms with van der Waals surface area (Å²) in [5.41, 5.74) is 0.336. The third-order valence-electron chi connectivity index (χ3n) is 2.63. The average Bonchev–Trinajstić information content (AvgIpc) is 2.31. The summed E-state index contributed by atoms with van der Waals surface area (Å²) in [5, 5.41) is 0. The van der Waals surface area contributed by atoms with Crippen molar-refractivity contribution >= 4 is 5.91 Å². The van der Waals surface area contributed by atoms with Gasteiger partial charge in [0.15, 0.2) is 0 Å². The van der Waals surface area contributed by atoms with Crippen LogP contribution in [0.3, 0.4) is 0 Å². The Balaban J connectivity index is 2.54. The molecule has 1 unspecified atom stereocenters. The standard InChI is InChI=1S/C11H21NO/c1-9(13)12-7-5-6-10(12)8-11(2,3)4/h10H,5-8H2,1-4H3. The third-order valence-corrected chi connectivity index (χ3v) is 2.63. The van der Waals surface area contributed by atoms with E-state index in [1.807, 2.05) is 4.90 Å². The zero-order chi connectivity index (χ0) is 10.1. The molecule has 1 heterocycles. The van der Waals surface area contributed by atoms with E-state index in [0.717, 1.165) is 13.0 Å². The predicted molar refractivity (Wildman–Crippen MR) is 54.5 cm³/mol. The van der Waals surface area contributed by atoms with E-state index in [2.05, 4.69) is 20.8 Å². The van der Waals surface area contributed by atoms with Gasteiger partial charge in [-0.25, -0.2) is 0 Å². The summed E-state index contributed by atoms with van der Waals surface area (Å²) in [6.45, 7) is 9.37. The van der Waals surface area contributed by atoms with Crippen molar-refractivity contribution < 1.29 is 4.79 Å². The summed E-state index contributed by atoms with van der Waals surface area (Å²) < 4.78 is 0. The SMILES string of the molecule is CC(=O)N1CCCC1CC(C)(C)C. The molecule has 0 N–H and O–H groups in total. The lowest BCUT2D eigenvalue weighted by Crippen LogP contribution is -2.36. The van der Waals surface area contributed by atoms with Crippen molar-refractivity contribution in [1.29, 1.82) is 0 Å². The fourth-order valence-electron chi connectivity index (χ4n) is 2.17. The number of carbonyl (C=O) groups excluding carboxylic acids is 1. The van der Waals surface area contributed by atoms with E-state index in [0.29, 0.717) is 11.5 Å². The molecule has 1 fully saturated rings. The van der Waals surface area contributed by atoms with Crippen LogP contribution in [-0.2, 0) is 4.79 Å². The van der Waals surface area contributed by atoms with Crippen molar-refractivity contribution in [2.75, 3.05) is 6.54 Å². The minimum Gasteiger partial charge on any atom is -0.340 e. The Morgan fingerprint density at radius 3 is 2.54 bits per heavy atom. The van der Waals surface area contributed by atoms with Crippen LogP contribution in [0, 0.1) is 5.41 Å². The lowest BCUT2D eigenvalue weighted by molar-refractivity contribution is -0.130. The highest BCUT2D eigenvalue weighted by molar-refractivity contribution is 5.73. The van der Waals surface area contributed by atoms with Gasteiger partial charge in [-0.05, 0) is 24.7 Å². The summed E-state index contributed by atoms with van der Waals surface area (Å²) in [5.74, 6) is 0.242. The van der Waals surface area contributed by atoms with Crippen LogP contribution in [0.5, 0.6) is 0 Å². The number of carbonyl (C=O) groups is 1. The van der Waals surface area contributed by atoms with Crippen molar-refractivity contribution in [3.05, 3.63) is 0 Å². The number of nitrogens with zero attached hydrogens (tertiary/aromatic N) is 1. The fourth-order valence-corrected chi connectivity index (χ4v) is 2.17. The minimum atomic E-state index is 0.242. The quantitative estimate of drug-likeness (QED) is 0.611. The zero-order valence-electron chi connectivity index (χ0n) is 9.26.